The van der Waals surface area contributed by atoms with Crippen molar-refractivity contribution >= 4 is 10.9 Å². The van der Waals surface area contributed by atoms with Gasteiger partial charge in [-0.15, -0.1) is 5.10 Å². The van der Waals surface area contributed by atoms with Crippen molar-refractivity contribution in [1.29, 1.82) is 0 Å². The minimum atomic E-state index is -0.140. The Morgan fingerprint density at radius 2 is 1.78 bits per heavy atom. The van der Waals surface area contributed by atoms with Crippen LogP contribution in [0.5, 0.6) is 0 Å². The van der Waals surface area contributed by atoms with E-state index in [4.69, 9.17) is 4.42 Å². The lowest BCUT2D eigenvalue weighted by atomic mass is 9.99. The molecule has 3 aromatic heterocycles. The van der Waals surface area contributed by atoms with Crippen LogP contribution in [0, 0.1) is 19.8 Å². The molecule has 1 unspecified atom stereocenters. The zero-order chi connectivity index (χ0) is 25.9. The highest BCUT2D eigenvalue weighted by Gasteiger charge is 2.30. The summed E-state index contributed by atoms with van der Waals surface area (Å²) in [7, 11) is 0. The topological polar surface area (TPSA) is 92.8 Å². The first-order valence-electron chi connectivity index (χ1n) is 12.6. The number of furan rings is 1. The Morgan fingerprint density at radius 1 is 1.00 bits per heavy atom. The fourth-order valence-electron chi connectivity index (χ4n) is 4.99. The lowest BCUT2D eigenvalue weighted by molar-refractivity contribution is 0.125. The number of nitrogens with zero attached hydrogens (tertiary/aromatic N) is 5. The highest BCUT2D eigenvalue weighted by molar-refractivity contribution is 5.85. The van der Waals surface area contributed by atoms with E-state index in [9.17, 15) is 4.79 Å². The molecule has 0 spiro atoms. The highest BCUT2D eigenvalue weighted by atomic mass is 16.3. The lowest BCUT2D eigenvalue weighted by Gasteiger charge is -2.33. The molecule has 1 N–H and O–H groups in total. The summed E-state index contributed by atoms with van der Waals surface area (Å²) in [6.07, 6.45) is 1.65. The number of fused-ring (bicyclic) bond motifs is 1. The monoisotopic (exact) mass is 496 g/mol. The number of aromatic amines is 1. The average molecular weight is 497 g/mol. The van der Waals surface area contributed by atoms with E-state index in [1.54, 1.807) is 10.9 Å². The number of hydrogen-bond donors (Lipinski definition) is 1. The molecule has 0 fully saturated rings. The van der Waals surface area contributed by atoms with Crippen LogP contribution in [-0.4, -0.2) is 30.1 Å². The molecular formula is C29H32N6O2. The standard InChI is InChI=1S/C29H32N6O2/c1-19(2)27(28-31-32-33-35(28)18-24-11-8-14-37-24)34(16-22-9-6-5-7-10-22)17-23-15-25-20(3)12-13-21(4)26(25)30-29(23)36/h5-15,19,27H,16-18H2,1-4H3,(H,30,36). The molecule has 5 aromatic rings. The van der Waals surface area contributed by atoms with E-state index in [1.165, 1.54) is 0 Å². The Balaban J connectivity index is 1.57. The molecule has 0 saturated heterocycles. The SMILES string of the molecule is Cc1ccc(C)c2[nH]c(=O)c(CN(Cc3ccccc3)C(c3nnnn3Cc3ccco3)C(C)C)cc12. The molecule has 8 nitrogen and oxygen atoms in total. The van der Waals surface area contributed by atoms with Gasteiger partial charge in [-0.05, 0) is 65.1 Å². The molecule has 0 aliphatic heterocycles. The Labute approximate surface area is 215 Å². The Hall–Kier alpha value is -4.04. The van der Waals surface area contributed by atoms with E-state index < -0.39 is 0 Å². The maximum atomic E-state index is 13.3. The number of H-pyrrole nitrogens is 1. The lowest BCUT2D eigenvalue weighted by Crippen LogP contribution is -2.35. The van der Waals surface area contributed by atoms with Crippen molar-refractivity contribution in [2.24, 2.45) is 5.92 Å². The van der Waals surface area contributed by atoms with Gasteiger partial charge in [-0.1, -0.05) is 56.3 Å². The van der Waals surface area contributed by atoms with Crippen molar-refractivity contribution in [3.63, 3.8) is 0 Å². The van der Waals surface area contributed by atoms with Crippen LogP contribution in [0.2, 0.25) is 0 Å². The van der Waals surface area contributed by atoms with E-state index in [2.05, 4.69) is 64.4 Å². The largest absolute Gasteiger partial charge is 0.467 e. The van der Waals surface area contributed by atoms with Crippen LogP contribution in [-0.2, 0) is 19.6 Å². The van der Waals surface area contributed by atoms with Crippen LogP contribution in [0.1, 0.15) is 53.7 Å². The molecule has 5 rings (SSSR count). The fourth-order valence-corrected chi connectivity index (χ4v) is 4.99. The van der Waals surface area contributed by atoms with Gasteiger partial charge in [0.05, 0.1) is 17.8 Å². The van der Waals surface area contributed by atoms with E-state index in [0.717, 1.165) is 39.2 Å². The Kier molecular flexibility index (Phi) is 7.01. The Bertz CT molecular complexity index is 1540. The molecule has 8 heteroatoms. The minimum absolute atomic E-state index is 0.0723. The first-order valence-corrected chi connectivity index (χ1v) is 12.6. The van der Waals surface area contributed by atoms with Gasteiger partial charge in [0.1, 0.15) is 12.3 Å². The molecule has 37 heavy (non-hydrogen) atoms. The van der Waals surface area contributed by atoms with Crippen molar-refractivity contribution in [1.82, 2.24) is 30.1 Å². The third-order valence-corrected chi connectivity index (χ3v) is 6.86. The summed E-state index contributed by atoms with van der Waals surface area (Å²) in [6, 6.07) is 20.1. The maximum absolute atomic E-state index is 13.3. The number of rotatable bonds is 9. The Morgan fingerprint density at radius 3 is 2.51 bits per heavy atom. The zero-order valence-electron chi connectivity index (χ0n) is 21.7. The number of hydrogen-bond acceptors (Lipinski definition) is 6. The van der Waals surface area contributed by atoms with Gasteiger partial charge in [0.25, 0.3) is 5.56 Å². The predicted octanol–water partition coefficient (Wildman–Crippen LogP) is 5.17. The van der Waals surface area contributed by atoms with Crippen molar-refractivity contribution in [3.8, 4) is 0 Å². The number of pyridine rings is 1. The molecule has 0 bridgehead atoms. The summed E-state index contributed by atoms with van der Waals surface area (Å²) < 4.78 is 7.35. The second-order valence-electron chi connectivity index (χ2n) is 9.97. The molecule has 2 aromatic carbocycles. The average Bonchev–Trinajstić information content (AvgIpc) is 3.56. The molecular weight excluding hydrogens is 464 g/mol. The smallest absolute Gasteiger partial charge is 0.252 e. The number of aryl methyl sites for hydroxylation is 2. The van der Waals surface area contributed by atoms with Gasteiger partial charge in [-0.3, -0.25) is 9.69 Å². The van der Waals surface area contributed by atoms with Crippen LogP contribution >= 0.6 is 0 Å². The van der Waals surface area contributed by atoms with E-state index in [-0.39, 0.29) is 17.5 Å². The van der Waals surface area contributed by atoms with Gasteiger partial charge in [-0.2, -0.15) is 0 Å². The highest BCUT2D eigenvalue weighted by Crippen LogP contribution is 2.31. The summed E-state index contributed by atoms with van der Waals surface area (Å²) in [5.41, 5.74) is 4.89. The van der Waals surface area contributed by atoms with Crippen molar-refractivity contribution < 1.29 is 4.42 Å². The second kappa shape index (κ2) is 10.5. The van der Waals surface area contributed by atoms with Crippen LogP contribution in [0.4, 0.5) is 0 Å². The number of nitrogens with one attached hydrogen (secondary N) is 1. The second-order valence-corrected chi connectivity index (χ2v) is 9.97. The van der Waals surface area contributed by atoms with E-state index in [1.807, 2.05) is 49.4 Å². The van der Waals surface area contributed by atoms with Crippen molar-refractivity contribution in [2.75, 3.05) is 0 Å². The van der Waals surface area contributed by atoms with Gasteiger partial charge >= 0.3 is 0 Å². The molecule has 0 aliphatic rings. The molecule has 1 atom stereocenters. The third kappa shape index (κ3) is 5.24. The summed E-state index contributed by atoms with van der Waals surface area (Å²) >= 11 is 0. The van der Waals surface area contributed by atoms with Crippen molar-refractivity contribution in [2.45, 2.75) is 53.4 Å². The minimum Gasteiger partial charge on any atom is -0.467 e. The van der Waals surface area contributed by atoms with Crippen LogP contribution in [0.3, 0.4) is 0 Å². The molecule has 3 heterocycles. The number of benzene rings is 2. The molecule has 0 amide bonds. The first kappa shape index (κ1) is 24.6. The first-order chi connectivity index (χ1) is 17.9. The normalized spacial score (nSPS) is 12.6. The summed E-state index contributed by atoms with van der Waals surface area (Å²) in [4.78, 5) is 18.7. The van der Waals surface area contributed by atoms with Gasteiger partial charge in [0, 0.05) is 24.0 Å². The molecule has 190 valence electrons. The predicted molar refractivity (Wildman–Crippen MR) is 143 cm³/mol. The molecule has 0 saturated carbocycles. The van der Waals surface area contributed by atoms with Gasteiger partial charge < -0.3 is 9.40 Å². The fraction of sp³-hybridized carbons (Fsp3) is 0.310. The maximum Gasteiger partial charge on any atom is 0.252 e. The molecule has 0 radical (unpaired) electrons. The van der Waals surface area contributed by atoms with Crippen LogP contribution in [0.15, 0.2) is 76.1 Å². The zero-order valence-corrected chi connectivity index (χ0v) is 21.7. The van der Waals surface area contributed by atoms with E-state index >= 15 is 0 Å². The summed E-state index contributed by atoms with van der Waals surface area (Å²) in [5.74, 6) is 1.70. The summed E-state index contributed by atoms with van der Waals surface area (Å²) in [6.45, 7) is 9.94. The van der Waals surface area contributed by atoms with Crippen molar-refractivity contribution in [3.05, 3.63) is 111 Å². The van der Waals surface area contributed by atoms with Gasteiger partial charge in [-0.25, -0.2) is 4.68 Å². The summed E-state index contributed by atoms with van der Waals surface area (Å²) in [5, 5.41) is 13.8. The number of aromatic nitrogens is 5. The molecule has 0 aliphatic carbocycles. The van der Waals surface area contributed by atoms with Gasteiger partial charge in [0.2, 0.25) is 0 Å². The third-order valence-electron chi connectivity index (χ3n) is 6.86. The quantitative estimate of drug-likeness (QED) is 0.303. The number of tetrazole rings is 1. The van der Waals surface area contributed by atoms with Crippen LogP contribution < -0.4 is 5.56 Å². The van der Waals surface area contributed by atoms with E-state index in [0.29, 0.717) is 25.2 Å². The van der Waals surface area contributed by atoms with Crippen LogP contribution in [0.25, 0.3) is 10.9 Å². The van der Waals surface area contributed by atoms with Gasteiger partial charge in [0.15, 0.2) is 5.82 Å².